The molecule has 0 aliphatic carbocycles. The van der Waals surface area contributed by atoms with Gasteiger partial charge in [0.2, 0.25) is 11.1 Å². The smallest absolute Gasteiger partial charge is 0.234 e. The van der Waals surface area contributed by atoms with Crippen molar-refractivity contribution in [2.75, 3.05) is 24.0 Å². The number of unbranched alkanes of at least 4 members (excludes halogenated alkanes) is 11. The predicted octanol–water partition coefficient (Wildman–Crippen LogP) is 6.92. The number of rotatable bonds is 20. The predicted molar refractivity (Wildman–Crippen MR) is 151 cm³/mol. The highest BCUT2D eigenvalue weighted by Crippen LogP contribution is 2.18. The summed E-state index contributed by atoms with van der Waals surface area (Å²) in [5.41, 5.74) is 0.723. The highest BCUT2D eigenvalue weighted by Gasteiger charge is 2.12. The lowest BCUT2D eigenvalue weighted by Crippen LogP contribution is -2.17. The molecule has 200 valence electrons. The minimum atomic E-state index is -0.119. The van der Waals surface area contributed by atoms with Crippen molar-refractivity contribution < 1.29 is 9.53 Å². The van der Waals surface area contributed by atoms with Gasteiger partial charge < -0.3 is 15.9 Å². The number of hydrogen-bond donors (Lipinski definition) is 2. The van der Waals surface area contributed by atoms with Gasteiger partial charge in [-0.15, -0.1) is 10.2 Å². The molecule has 8 heteroatoms. The third kappa shape index (κ3) is 12.5. The normalized spacial score (nSPS) is 11.3. The number of nitrogens with one attached hydrogen (secondary N) is 1. The van der Waals surface area contributed by atoms with Crippen molar-refractivity contribution in [1.29, 1.82) is 0 Å². The number of carbonyl (C=O) groups excluding carboxylic acids is 1. The fourth-order valence-corrected chi connectivity index (χ4v) is 4.61. The second-order valence-corrected chi connectivity index (χ2v) is 10.1. The topological polar surface area (TPSA) is 95.1 Å². The lowest BCUT2D eigenvalue weighted by atomic mass is 10.1. The van der Waals surface area contributed by atoms with E-state index in [0.717, 1.165) is 30.1 Å². The van der Waals surface area contributed by atoms with Gasteiger partial charge in [-0.2, -0.15) is 0 Å². The van der Waals surface area contributed by atoms with E-state index in [1.165, 1.54) is 93.5 Å². The van der Waals surface area contributed by atoms with Crippen LogP contribution in [-0.2, 0) is 11.2 Å². The number of nitrogen functional groups attached to an aromatic ring is 1. The maximum atomic E-state index is 12.2. The number of nitrogens with two attached hydrogens (primary N) is 1. The van der Waals surface area contributed by atoms with Crippen LogP contribution in [0.25, 0.3) is 0 Å². The van der Waals surface area contributed by atoms with Crippen molar-refractivity contribution >= 4 is 23.4 Å². The summed E-state index contributed by atoms with van der Waals surface area (Å²) in [6, 6.07) is 7.22. The number of carbonyl (C=O) groups is 1. The van der Waals surface area contributed by atoms with Crippen LogP contribution in [0.4, 0.5) is 5.69 Å². The van der Waals surface area contributed by atoms with E-state index < -0.39 is 0 Å². The van der Waals surface area contributed by atoms with Gasteiger partial charge in [0.15, 0.2) is 5.82 Å². The van der Waals surface area contributed by atoms with Gasteiger partial charge in [0, 0.05) is 12.1 Å². The number of aromatic nitrogens is 3. The second kappa shape index (κ2) is 18.7. The van der Waals surface area contributed by atoms with Crippen LogP contribution >= 0.6 is 11.8 Å². The minimum absolute atomic E-state index is 0.119. The summed E-state index contributed by atoms with van der Waals surface area (Å²) < 4.78 is 6.64. The largest absolute Gasteiger partial charge is 0.497 e. The fourth-order valence-electron chi connectivity index (χ4n) is 3.93. The molecule has 2 rings (SSSR count). The number of methoxy groups -OCH3 is 1. The zero-order chi connectivity index (χ0) is 25.8. The Bertz CT molecular complexity index is 883. The molecule has 1 aromatic carbocycles. The first-order valence-electron chi connectivity index (χ1n) is 13.5. The number of ether oxygens (including phenoxy) is 1. The molecule has 1 amide bonds. The molecule has 0 aliphatic rings. The van der Waals surface area contributed by atoms with Gasteiger partial charge in [-0.05, 0) is 56.4 Å². The van der Waals surface area contributed by atoms with Crippen molar-refractivity contribution in [2.45, 2.75) is 102 Å². The van der Waals surface area contributed by atoms with Crippen LogP contribution in [0.2, 0.25) is 0 Å². The third-order valence-corrected chi connectivity index (χ3v) is 7.05. The van der Waals surface area contributed by atoms with Gasteiger partial charge in [0.25, 0.3) is 0 Å². The van der Waals surface area contributed by atoms with E-state index in [2.05, 4.69) is 34.6 Å². The van der Waals surface area contributed by atoms with E-state index >= 15 is 0 Å². The third-order valence-electron chi connectivity index (χ3n) is 6.10. The lowest BCUT2D eigenvalue weighted by Gasteiger charge is -2.06. The molecule has 7 nitrogen and oxygen atoms in total. The second-order valence-electron chi connectivity index (χ2n) is 9.17. The van der Waals surface area contributed by atoms with Gasteiger partial charge in [0.05, 0.1) is 12.9 Å². The molecule has 1 aromatic heterocycles. The van der Waals surface area contributed by atoms with Crippen molar-refractivity contribution in [3.05, 3.63) is 42.2 Å². The van der Waals surface area contributed by atoms with Gasteiger partial charge in [0.1, 0.15) is 5.75 Å². The minimum Gasteiger partial charge on any atom is -0.497 e. The summed E-state index contributed by atoms with van der Waals surface area (Å²) in [5, 5.41) is 11.8. The fraction of sp³-hybridized carbons (Fsp3) is 0.607. The Morgan fingerprint density at radius 3 is 2.19 bits per heavy atom. The van der Waals surface area contributed by atoms with Crippen LogP contribution in [0.3, 0.4) is 0 Å². The first kappa shape index (κ1) is 29.7. The average Bonchev–Trinajstić information content (AvgIpc) is 3.24. The van der Waals surface area contributed by atoms with E-state index in [4.69, 9.17) is 10.6 Å². The first-order chi connectivity index (χ1) is 17.6. The standard InChI is InChI=1S/C28H45N5O2S/c1-3-4-5-6-7-8-9-10-11-12-13-14-15-16-17-18-26-31-32-28(33(26)29)36-23-27(34)30-24-19-21-25(35-2)22-20-24/h10-11,19-22H,3-9,12-18,23,29H2,1-2H3,(H,30,34). The molecular formula is C28H45N5O2S. The van der Waals surface area contributed by atoms with Crippen LogP contribution in [0.1, 0.15) is 96.2 Å². The molecule has 0 aliphatic heterocycles. The van der Waals surface area contributed by atoms with E-state index in [1.54, 1.807) is 31.4 Å². The Morgan fingerprint density at radius 1 is 0.944 bits per heavy atom. The zero-order valence-electron chi connectivity index (χ0n) is 22.2. The summed E-state index contributed by atoms with van der Waals surface area (Å²) in [6.45, 7) is 2.27. The maximum Gasteiger partial charge on any atom is 0.234 e. The Hall–Kier alpha value is -2.48. The Morgan fingerprint density at radius 2 is 1.56 bits per heavy atom. The lowest BCUT2D eigenvalue weighted by molar-refractivity contribution is -0.113. The molecule has 0 fully saturated rings. The zero-order valence-corrected chi connectivity index (χ0v) is 23.0. The van der Waals surface area contributed by atoms with E-state index in [1.807, 2.05) is 0 Å². The monoisotopic (exact) mass is 515 g/mol. The van der Waals surface area contributed by atoms with Gasteiger partial charge in [-0.1, -0.05) is 82.2 Å². The molecule has 0 bridgehead atoms. The number of anilines is 1. The highest BCUT2D eigenvalue weighted by molar-refractivity contribution is 7.99. The summed E-state index contributed by atoms with van der Waals surface area (Å²) in [6.07, 6.45) is 22.2. The van der Waals surface area contributed by atoms with Crippen molar-refractivity contribution in [2.24, 2.45) is 0 Å². The van der Waals surface area contributed by atoms with Crippen molar-refractivity contribution in [1.82, 2.24) is 14.9 Å². The summed E-state index contributed by atoms with van der Waals surface area (Å²) in [5.74, 6) is 7.77. The van der Waals surface area contributed by atoms with Crippen LogP contribution in [0.5, 0.6) is 5.75 Å². The first-order valence-corrected chi connectivity index (χ1v) is 14.5. The van der Waals surface area contributed by atoms with Crippen LogP contribution in [0.15, 0.2) is 41.6 Å². The molecule has 3 N–H and O–H groups in total. The van der Waals surface area contributed by atoms with E-state index in [-0.39, 0.29) is 11.7 Å². The number of allylic oxidation sites excluding steroid dienone is 2. The Kier molecular flexibility index (Phi) is 15.5. The molecule has 0 atom stereocenters. The van der Waals surface area contributed by atoms with E-state index in [0.29, 0.717) is 5.16 Å². The molecule has 0 spiro atoms. The molecule has 1 heterocycles. The molecule has 0 unspecified atom stereocenters. The SMILES string of the molecule is CCCCCCCCC=CCCCCCCCc1nnc(SCC(=O)Nc2ccc(OC)cc2)n1N. The molecule has 36 heavy (non-hydrogen) atoms. The molecular weight excluding hydrogens is 470 g/mol. The number of benzene rings is 1. The number of hydrogen-bond acceptors (Lipinski definition) is 6. The number of aryl methyl sites for hydroxylation is 1. The number of amides is 1. The van der Waals surface area contributed by atoms with Crippen molar-refractivity contribution in [3.8, 4) is 5.75 Å². The van der Waals surface area contributed by atoms with Gasteiger partial charge in [-0.25, -0.2) is 4.68 Å². The highest BCUT2D eigenvalue weighted by atomic mass is 32.2. The Labute approximate surface area is 221 Å². The van der Waals surface area contributed by atoms with Crippen LogP contribution in [-0.4, -0.2) is 33.6 Å². The summed E-state index contributed by atoms with van der Waals surface area (Å²) in [7, 11) is 1.61. The van der Waals surface area contributed by atoms with Crippen molar-refractivity contribution in [3.63, 3.8) is 0 Å². The Balaban J connectivity index is 1.50. The molecule has 0 saturated carbocycles. The van der Waals surface area contributed by atoms with Crippen LogP contribution < -0.4 is 15.9 Å². The summed E-state index contributed by atoms with van der Waals surface area (Å²) in [4.78, 5) is 12.2. The van der Waals surface area contributed by atoms with E-state index in [9.17, 15) is 4.79 Å². The van der Waals surface area contributed by atoms with Crippen LogP contribution in [0, 0.1) is 0 Å². The van der Waals surface area contributed by atoms with Gasteiger partial charge in [-0.3, -0.25) is 4.79 Å². The average molecular weight is 516 g/mol. The quantitative estimate of drug-likeness (QED) is 0.0860. The molecule has 2 aromatic rings. The maximum absolute atomic E-state index is 12.2. The summed E-state index contributed by atoms with van der Waals surface area (Å²) >= 11 is 1.29. The molecule has 0 saturated heterocycles. The van der Waals surface area contributed by atoms with Gasteiger partial charge >= 0.3 is 0 Å². The molecule has 0 radical (unpaired) electrons. The number of nitrogens with zero attached hydrogens (tertiary/aromatic N) is 3. The number of thioether (sulfide) groups is 1.